The van der Waals surface area contributed by atoms with Gasteiger partial charge in [-0.25, -0.2) is 9.79 Å². The minimum atomic E-state index is -0.731. The molecule has 0 spiro atoms. The van der Waals surface area contributed by atoms with E-state index >= 15 is 0 Å². The van der Waals surface area contributed by atoms with Crippen LogP contribution in [0.4, 0.5) is 0 Å². The third kappa shape index (κ3) is 5.04. The van der Waals surface area contributed by atoms with Crippen LogP contribution in [0, 0.1) is 0 Å². The molecule has 2 aromatic carbocycles. The predicted molar refractivity (Wildman–Crippen MR) is 140 cm³/mol. The van der Waals surface area contributed by atoms with E-state index in [9.17, 15) is 9.59 Å². The molecule has 0 saturated heterocycles. The summed E-state index contributed by atoms with van der Waals surface area (Å²) < 4.78 is 19.0. The lowest BCUT2D eigenvalue weighted by atomic mass is 9.95. The van der Waals surface area contributed by atoms with E-state index in [1.165, 1.54) is 11.3 Å². The number of hydrogen-bond acceptors (Lipinski definition) is 7. The maximum absolute atomic E-state index is 13.7. The van der Waals surface area contributed by atoms with E-state index in [-0.39, 0.29) is 12.2 Å². The predicted octanol–water partition coefficient (Wildman–Crippen LogP) is 3.76. The zero-order valence-electron chi connectivity index (χ0n) is 20.5. The summed E-state index contributed by atoms with van der Waals surface area (Å²) in [6, 6.07) is 14.3. The molecule has 1 aliphatic rings. The number of fused-ring (bicyclic) bond motifs is 1. The highest BCUT2D eigenvalue weighted by Gasteiger charge is 2.34. The maximum Gasteiger partial charge on any atom is 0.338 e. The lowest BCUT2D eigenvalue weighted by molar-refractivity contribution is -0.139. The van der Waals surface area contributed by atoms with Gasteiger partial charge in [-0.1, -0.05) is 60.4 Å². The minimum Gasteiger partial charge on any atom is -0.490 e. The Labute approximate surface area is 213 Å². The molecule has 1 aromatic heterocycles. The summed E-state index contributed by atoms with van der Waals surface area (Å²) in [5.41, 5.74) is 2.19. The summed E-state index contributed by atoms with van der Waals surface area (Å²) in [6.07, 6.45) is 3.49. The molecule has 186 valence electrons. The number of esters is 1. The van der Waals surface area contributed by atoms with Gasteiger partial charge in [0.15, 0.2) is 16.3 Å². The number of rotatable bonds is 9. The third-order valence-corrected chi connectivity index (χ3v) is 6.54. The number of benzene rings is 2. The first-order valence-electron chi connectivity index (χ1n) is 11.7. The number of carbonyl (C=O) groups excluding carboxylic acids is 1. The summed E-state index contributed by atoms with van der Waals surface area (Å²) in [5.74, 6) is 0.558. The van der Waals surface area contributed by atoms with E-state index in [1.807, 2.05) is 49.4 Å². The van der Waals surface area contributed by atoms with E-state index in [2.05, 4.69) is 11.6 Å². The first kappa shape index (κ1) is 25.2. The van der Waals surface area contributed by atoms with E-state index in [4.69, 9.17) is 14.2 Å². The van der Waals surface area contributed by atoms with Gasteiger partial charge in [-0.15, -0.1) is 0 Å². The molecule has 0 fully saturated rings. The second-order valence-electron chi connectivity index (χ2n) is 7.95. The molecule has 3 aromatic rings. The number of thiazole rings is 1. The molecule has 7 nitrogen and oxygen atoms in total. The van der Waals surface area contributed by atoms with Gasteiger partial charge in [-0.05, 0) is 50.1 Å². The zero-order valence-corrected chi connectivity index (χ0v) is 21.3. The van der Waals surface area contributed by atoms with Crippen molar-refractivity contribution in [2.24, 2.45) is 4.99 Å². The van der Waals surface area contributed by atoms with Gasteiger partial charge in [0.1, 0.15) is 6.61 Å². The highest BCUT2D eigenvalue weighted by atomic mass is 32.1. The average molecular weight is 505 g/mol. The molecule has 1 atom stereocenters. The normalized spacial score (nSPS) is 15.2. The smallest absolute Gasteiger partial charge is 0.338 e. The summed E-state index contributed by atoms with van der Waals surface area (Å²) in [4.78, 5) is 31.9. The Morgan fingerprint density at radius 2 is 1.89 bits per heavy atom. The topological polar surface area (TPSA) is 79.1 Å². The van der Waals surface area contributed by atoms with Crippen LogP contribution in [0.3, 0.4) is 0 Å². The van der Waals surface area contributed by atoms with Gasteiger partial charge < -0.3 is 14.2 Å². The SMILES string of the molecule is C=CCOc1ccc(C2C(C(=O)OCC)=C(C)N=c3s/c(=C/c4ccccc4)c(=O)n32)cc1OCC. The number of aromatic nitrogens is 1. The molecule has 0 N–H and O–H groups in total. The Bertz CT molecular complexity index is 1480. The average Bonchev–Trinajstić information content (AvgIpc) is 3.17. The molecule has 36 heavy (non-hydrogen) atoms. The standard InChI is InChI=1S/C28H28N2O5S/c1-5-15-35-21-14-13-20(17-22(21)33-6-2)25-24(27(32)34-7-3)18(4)29-28-30(25)26(31)23(36-28)16-19-11-9-8-10-12-19/h5,8-14,16-17,25H,1,6-7,15H2,2-4H3/b23-16+. The summed E-state index contributed by atoms with van der Waals surface area (Å²) in [7, 11) is 0. The van der Waals surface area contributed by atoms with Crippen LogP contribution >= 0.6 is 11.3 Å². The number of ether oxygens (including phenoxy) is 3. The molecule has 1 aliphatic heterocycles. The number of carbonyl (C=O) groups is 1. The fraction of sp³-hybridized carbons (Fsp3) is 0.250. The van der Waals surface area contributed by atoms with Crippen molar-refractivity contribution in [2.45, 2.75) is 26.8 Å². The Morgan fingerprint density at radius 1 is 1.11 bits per heavy atom. The highest BCUT2D eigenvalue weighted by Crippen LogP contribution is 2.36. The highest BCUT2D eigenvalue weighted by molar-refractivity contribution is 7.07. The van der Waals surface area contributed by atoms with Crippen molar-refractivity contribution in [1.29, 1.82) is 0 Å². The van der Waals surface area contributed by atoms with Crippen LogP contribution in [0.1, 0.15) is 37.9 Å². The Hall–Kier alpha value is -3.91. The van der Waals surface area contributed by atoms with Crippen molar-refractivity contribution in [3.8, 4) is 11.5 Å². The third-order valence-electron chi connectivity index (χ3n) is 5.55. The molecule has 0 saturated carbocycles. The Morgan fingerprint density at radius 3 is 2.58 bits per heavy atom. The molecule has 2 heterocycles. The quantitative estimate of drug-likeness (QED) is 0.328. The number of nitrogens with zero attached hydrogens (tertiary/aromatic N) is 2. The maximum atomic E-state index is 13.7. The molecule has 1 unspecified atom stereocenters. The van der Waals surface area contributed by atoms with E-state index in [0.717, 1.165) is 5.56 Å². The molecule has 0 bridgehead atoms. The van der Waals surface area contributed by atoms with E-state index in [0.29, 0.717) is 50.9 Å². The van der Waals surface area contributed by atoms with Gasteiger partial charge in [0.2, 0.25) is 0 Å². The summed E-state index contributed by atoms with van der Waals surface area (Å²) in [6.45, 7) is 10.0. The van der Waals surface area contributed by atoms with Gasteiger partial charge >= 0.3 is 5.97 Å². The lowest BCUT2D eigenvalue weighted by Gasteiger charge is -2.25. The summed E-state index contributed by atoms with van der Waals surface area (Å²) >= 11 is 1.29. The Balaban J connectivity index is 1.94. The second kappa shape index (κ2) is 11.2. The molecular weight excluding hydrogens is 476 g/mol. The zero-order chi connectivity index (χ0) is 25.7. The van der Waals surface area contributed by atoms with Crippen LogP contribution in [0.15, 0.2) is 82.2 Å². The fourth-order valence-electron chi connectivity index (χ4n) is 4.04. The van der Waals surface area contributed by atoms with Gasteiger partial charge in [0.05, 0.1) is 35.1 Å². The van der Waals surface area contributed by atoms with Crippen LogP contribution < -0.4 is 24.4 Å². The van der Waals surface area contributed by atoms with E-state index < -0.39 is 12.0 Å². The molecular formula is C28H28N2O5S. The second-order valence-corrected chi connectivity index (χ2v) is 8.96. The van der Waals surface area contributed by atoms with Crippen LogP contribution in [-0.4, -0.2) is 30.4 Å². The first-order chi connectivity index (χ1) is 17.5. The van der Waals surface area contributed by atoms with Gasteiger partial charge in [-0.2, -0.15) is 0 Å². The molecule has 0 aliphatic carbocycles. The van der Waals surface area contributed by atoms with Crippen LogP contribution in [0.2, 0.25) is 0 Å². The first-order valence-corrected chi connectivity index (χ1v) is 12.5. The van der Waals surface area contributed by atoms with Crippen LogP contribution in [0.25, 0.3) is 6.08 Å². The number of hydrogen-bond donors (Lipinski definition) is 0. The molecule has 8 heteroatoms. The monoisotopic (exact) mass is 504 g/mol. The van der Waals surface area contributed by atoms with Gasteiger partial charge in [0, 0.05) is 0 Å². The molecule has 4 rings (SSSR count). The molecule has 0 radical (unpaired) electrons. The number of allylic oxidation sites excluding steroid dienone is 1. The van der Waals surface area contributed by atoms with Crippen molar-refractivity contribution in [1.82, 2.24) is 4.57 Å². The fourth-order valence-corrected chi connectivity index (χ4v) is 5.09. The Kier molecular flexibility index (Phi) is 7.85. The largest absolute Gasteiger partial charge is 0.490 e. The van der Waals surface area contributed by atoms with Crippen molar-refractivity contribution < 1.29 is 19.0 Å². The van der Waals surface area contributed by atoms with Crippen LogP contribution in [0.5, 0.6) is 11.5 Å². The van der Waals surface area contributed by atoms with Crippen molar-refractivity contribution in [2.75, 3.05) is 19.8 Å². The van der Waals surface area contributed by atoms with Crippen molar-refractivity contribution >= 4 is 23.4 Å². The minimum absolute atomic E-state index is 0.208. The van der Waals surface area contributed by atoms with Crippen molar-refractivity contribution in [3.05, 3.63) is 103 Å². The van der Waals surface area contributed by atoms with E-state index in [1.54, 1.807) is 36.6 Å². The van der Waals surface area contributed by atoms with Crippen LogP contribution in [-0.2, 0) is 9.53 Å². The van der Waals surface area contributed by atoms with Gasteiger partial charge in [0.25, 0.3) is 5.56 Å². The van der Waals surface area contributed by atoms with Crippen molar-refractivity contribution in [3.63, 3.8) is 0 Å². The molecule has 0 amide bonds. The van der Waals surface area contributed by atoms with Gasteiger partial charge in [-0.3, -0.25) is 9.36 Å². The lowest BCUT2D eigenvalue weighted by Crippen LogP contribution is -2.40. The summed E-state index contributed by atoms with van der Waals surface area (Å²) in [5, 5.41) is 0.